The molecule has 0 heterocycles. The summed E-state index contributed by atoms with van der Waals surface area (Å²) in [6, 6.07) is 26.6. The van der Waals surface area contributed by atoms with Crippen LogP contribution in [-0.4, -0.2) is 48.5 Å². The molecule has 1 N–H and O–H groups in total. The number of ether oxygens (including phenoxy) is 2. The van der Waals surface area contributed by atoms with Gasteiger partial charge in [-0.3, -0.25) is 14.4 Å². The summed E-state index contributed by atoms with van der Waals surface area (Å²) in [5.41, 5.74) is 1.32. The minimum Gasteiger partial charge on any atom is -0.497 e. The molecule has 3 aromatic rings. The Kier molecular flexibility index (Phi) is 9.84. The van der Waals surface area contributed by atoms with E-state index in [-0.39, 0.29) is 38.4 Å². The van der Waals surface area contributed by atoms with E-state index < -0.39 is 17.4 Å². The molecule has 0 saturated heterocycles. The summed E-state index contributed by atoms with van der Waals surface area (Å²) in [5, 5.41) is 2.76. The molecule has 7 heteroatoms. The SMILES string of the molecule is CCOC(=O)CNC(=O)C(Cc1ccccc1)(Cc1ccccc1)N(Cc1ccc(OC)cc1)C(C)=O. The maximum atomic E-state index is 14.1. The van der Waals surface area contributed by atoms with Gasteiger partial charge in [0.1, 0.15) is 17.8 Å². The van der Waals surface area contributed by atoms with E-state index in [0.717, 1.165) is 16.7 Å². The van der Waals surface area contributed by atoms with Crippen molar-refractivity contribution in [1.82, 2.24) is 10.2 Å². The van der Waals surface area contributed by atoms with Crippen molar-refractivity contribution in [2.45, 2.75) is 38.8 Å². The van der Waals surface area contributed by atoms with Crippen molar-refractivity contribution in [3.8, 4) is 5.75 Å². The molecule has 194 valence electrons. The molecule has 3 rings (SSSR count). The minimum absolute atomic E-state index is 0.200. The van der Waals surface area contributed by atoms with Gasteiger partial charge in [-0.2, -0.15) is 0 Å². The van der Waals surface area contributed by atoms with E-state index in [2.05, 4.69) is 5.32 Å². The van der Waals surface area contributed by atoms with Crippen LogP contribution in [-0.2, 0) is 38.5 Å². The number of rotatable bonds is 12. The first-order chi connectivity index (χ1) is 17.9. The zero-order chi connectivity index (χ0) is 26.7. The first kappa shape index (κ1) is 27.5. The first-order valence-electron chi connectivity index (χ1n) is 12.3. The van der Waals surface area contributed by atoms with Crippen LogP contribution in [0.1, 0.15) is 30.5 Å². The van der Waals surface area contributed by atoms with Gasteiger partial charge >= 0.3 is 5.97 Å². The quantitative estimate of drug-likeness (QED) is 0.379. The molecule has 0 bridgehead atoms. The number of benzene rings is 3. The number of nitrogens with one attached hydrogen (secondary N) is 1. The van der Waals surface area contributed by atoms with Crippen LogP contribution < -0.4 is 10.1 Å². The minimum atomic E-state index is -1.32. The number of methoxy groups -OCH3 is 1. The van der Waals surface area contributed by atoms with Gasteiger partial charge in [0.15, 0.2) is 0 Å². The average Bonchev–Trinajstić information content (AvgIpc) is 2.91. The molecule has 0 radical (unpaired) electrons. The van der Waals surface area contributed by atoms with Crippen molar-refractivity contribution >= 4 is 17.8 Å². The van der Waals surface area contributed by atoms with Crippen molar-refractivity contribution in [3.05, 3.63) is 102 Å². The van der Waals surface area contributed by atoms with Crippen molar-refractivity contribution in [3.63, 3.8) is 0 Å². The van der Waals surface area contributed by atoms with E-state index in [1.54, 1.807) is 18.9 Å². The number of hydrogen-bond donors (Lipinski definition) is 1. The van der Waals surface area contributed by atoms with E-state index >= 15 is 0 Å². The topological polar surface area (TPSA) is 84.9 Å². The van der Waals surface area contributed by atoms with Crippen LogP contribution in [0.3, 0.4) is 0 Å². The Morgan fingerprint density at radius 2 is 1.35 bits per heavy atom. The summed E-state index contributed by atoms with van der Waals surface area (Å²) in [5.74, 6) is -0.509. The summed E-state index contributed by atoms with van der Waals surface area (Å²) >= 11 is 0. The first-order valence-corrected chi connectivity index (χ1v) is 12.3. The summed E-state index contributed by atoms with van der Waals surface area (Å²) in [4.78, 5) is 41.1. The lowest BCUT2D eigenvalue weighted by Crippen LogP contribution is -2.63. The Labute approximate surface area is 218 Å². The summed E-state index contributed by atoms with van der Waals surface area (Å²) in [7, 11) is 1.59. The highest BCUT2D eigenvalue weighted by Crippen LogP contribution is 2.30. The average molecular weight is 503 g/mol. The number of esters is 1. The van der Waals surface area contributed by atoms with Crippen molar-refractivity contribution in [1.29, 1.82) is 0 Å². The van der Waals surface area contributed by atoms with Gasteiger partial charge < -0.3 is 19.7 Å². The standard InChI is InChI=1S/C30H34N2O5/c1-4-37-28(34)21-31-29(35)30(19-24-11-7-5-8-12-24,20-25-13-9-6-10-14-25)32(23(2)33)22-26-15-17-27(36-3)18-16-26/h5-18H,4,19-22H2,1-3H3,(H,31,35). The van der Waals surface area contributed by atoms with Gasteiger partial charge in [0.25, 0.3) is 0 Å². The molecule has 0 aliphatic carbocycles. The third-order valence-electron chi connectivity index (χ3n) is 6.20. The zero-order valence-corrected chi connectivity index (χ0v) is 21.6. The van der Waals surface area contributed by atoms with Gasteiger partial charge in [-0.1, -0.05) is 72.8 Å². The summed E-state index contributed by atoms with van der Waals surface area (Å²) in [6.07, 6.45) is 0.514. The molecule has 0 aliphatic rings. The molecule has 7 nitrogen and oxygen atoms in total. The second-order valence-corrected chi connectivity index (χ2v) is 8.80. The van der Waals surface area contributed by atoms with Gasteiger partial charge in [-0.05, 0) is 35.7 Å². The maximum absolute atomic E-state index is 14.1. The van der Waals surface area contributed by atoms with E-state index in [4.69, 9.17) is 9.47 Å². The Hall–Kier alpha value is -4.13. The second-order valence-electron chi connectivity index (χ2n) is 8.80. The van der Waals surface area contributed by atoms with Gasteiger partial charge in [0.05, 0.1) is 13.7 Å². The fourth-order valence-electron chi connectivity index (χ4n) is 4.41. The highest BCUT2D eigenvalue weighted by Gasteiger charge is 2.46. The van der Waals surface area contributed by atoms with Crippen LogP contribution in [0.4, 0.5) is 0 Å². The smallest absolute Gasteiger partial charge is 0.325 e. The Morgan fingerprint density at radius 3 is 1.81 bits per heavy atom. The second kappa shape index (κ2) is 13.3. The van der Waals surface area contributed by atoms with Gasteiger partial charge in [0, 0.05) is 26.3 Å². The Morgan fingerprint density at radius 1 is 0.811 bits per heavy atom. The maximum Gasteiger partial charge on any atom is 0.325 e. The van der Waals surface area contributed by atoms with Gasteiger partial charge in [-0.15, -0.1) is 0 Å². The highest BCUT2D eigenvalue weighted by molar-refractivity contribution is 5.93. The highest BCUT2D eigenvalue weighted by atomic mass is 16.5. The molecule has 0 unspecified atom stereocenters. The monoisotopic (exact) mass is 502 g/mol. The van der Waals surface area contributed by atoms with Crippen LogP contribution >= 0.6 is 0 Å². The Balaban J connectivity index is 2.10. The number of carbonyl (C=O) groups is 3. The molecular weight excluding hydrogens is 468 g/mol. The molecule has 0 aromatic heterocycles. The van der Waals surface area contributed by atoms with Crippen molar-refractivity contribution in [2.75, 3.05) is 20.3 Å². The molecule has 0 spiro atoms. The van der Waals surface area contributed by atoms with Crippen LogP contribution in [0.25, 0.3) is 0 Å². The Bertz CT molecular complexity index is 1120. The molecule has 0 atom stereocenters. The molecule has 2 amide bonds. The molecule has 0 saturated carbocycles. The summed E-state index contributed by atoms with van der Waals surface area (Å²) < 4.78 is 10.3. The third kappa shape index (κ3) is 7.43. The number of hydrogen-bond acceptors (Lipinski definition) is 5. The van der Waals surface area contributed by atoms with E-state index in [9.17, 15) is 14.4 Å². The number of carbonyl (C=O) groups excluding carboxylic acids is 3. The fourth-order valence-corrected chi connectivity index (χ4v) is 4.41. The predicted molar refractivity (Wildman–Crippen MR) is 142 cm³/mol. The normalized spacial score (nSPS) is 10.9. The van der Waals surface area contributed by atoms with Gasteiger partial charge in [-0.25, -0.2) is 0 Å². The molecular formula is C30H34N2O5. The van der Waals surface area contributed by atoms with Crippen molar-refractivity contribution < 1.29 is 23.9 Å². The summed E-state index contributed by atoms with van der Waals surface area (Å²) in [6.45, 7) is 3.30. The van der Waals surface area contributed by atoms with Crippen LogP contribution in [0.15, 0.2) is 84.9 Å². The largest absolute Gasteiger partial charge is 0.497 e. The van der Waals surface area contributed by atoms with Crippen molar-refractivity contribution in [2.24, 2.45) is 0 Å². The number of amides is 2. The molecule has 3 aromatic carbocycles. The van der Waals surface area contributed by atoms with Crippen LogP contribution in [0, 0.1) is 0 Å². The van der Waals surface area contributed by atoms with E-state index in [0.29, 0.717) is 5.75 Å². The van der Waals surface area contributed by atoms with E-state index in [1.165, 1.54) is 6.92 Å². The predicted octanol–water partition coefficient (Wildman–Crippen LogP) is 3.95. The fraction of sp³-hybridized carbons (Fsp3) is 0.300. The number of nitrogens with zero attached hydrogens (tertiary/aromatic N) is 1. The molecule has 0 aliphatic heterocycles. The van der Waals surface area contributed by atoms with Gasteiger partial charge in [0.2, 0.25) is 11.8 Å². The van der Waals surface area contributed by atoms with E-state index in [1.807, 2.05) is 84.9 Å². The van der Waals surface area contributed by atoms with Crippen LogP contribution in [0.5, 0.6) is 5.75 Å². The molecule has 0 fully saturated rings. The lowest BCUT2D eigenvalue weighted by molar-refractivity contribution is -0.150. The lowest BCUT2D eigenvalue weighted by atomic mass is 9.81. The zero-order valence-electron chi connectivity index (χ0n) is 21.6. The molecule has 37 heavy (non-hydrogen) atoms. The lowest BCUT2D eigenvalue weighted by Gasteiger charge is -2.43. The third-order valence-corrected chi connectivity index (χ3v) is 6.20. The van der Waals surface area contributed by atoms with Crippen LogP contribution in [0.2, 0.25) is 0 Å².